The van der Waals surface area contributed by atoms with Crippen molar-refractivity contribution in [2.75, 3.05) is 6.54 Å². The first kappa shape index (κ1) is 18.7. The molecule has 1 aliphatic heterocycles. The Kier molecular flexibility index (Phi) is 5.44. The zero-order valence-electron chi connectivity index (χ0n) is 16.4. The maximum Gasteiger partial charge on any atom is 0.337 e. The zero-order valence-corrected chi connectivity index (χ0v) is 16.4. The van der Waals surface area contributed by atoms with Gasteiger partial charge in [-0.25, -0.2) is 4.79 Å². The summed E-state index contributed by atoms with van der Waals surface area (Å²) in [5.74, 6) is 0. The Bertz CT molecular complexity index is 841. The number of carbonyl (C=O) groups excluding carboxylic acids is 1. The van der Waals surface area contributed by atoms with E-state index in [9.17, 15) is 4.79 Å². The van der Waals surface area contributed by atoms with Gasteiger partial charge in [-0.15, -0.1) is 0 Å². The molecular formula is C23H28N4O. The fourth-order valence-corrected chi connectivity index (χ4v) is 4.38. The van der Waals surface area contributed by atoms with Crippen LogP contribution in [-0.2, 0) is 0 Å². The Morgan fingerprint density at radius 1 is 1.00 bits per heavy atom. The third-order valence-corrected chi connectivity index (χ3v) is 5.86. The molecule has 2 aromatic rings. The quantitative estimate of drug-likeness (QED) is 0.861. The maximum absolute atomic E-state index is 12.4. The molecule has 1 fully saturated rings. The van der Waals surface area contributed by atoms with Crippen LogP contribution in [0.5, 0.6) is 0 Å². The van der Waals surface area contributed by atoms with Crippen LogP contribution in [0.4, 0.5) is 4.79 Å². The SMILES string of the molecule is Cc1ccc(C2N(C(N)=O)N=C(c3ccccc3)CN2C2CCCCC2)cc1. The molecule has 1 aliphatic carbocycles. The monoisotopic (exact) mass is 376 g/mol. The number of aryl methyl sites for hydroxylation is 1. The predicted molar refractivity (Wildman–Crippen MR) is 112 cm³/mol. The van der Waals surface area contributed by atoms with Crippen LogP contribution in [0.25, 0.3) is 0 Å². The molecule has 1 heterocycles. The lowest BCUT2D eigenvalue weighted by Gasteiger charge is -2.45. The van der Waals surface area contributed by atoms with Crippen molar-refractivity contribution in [2.45, 2.75) is 51.2 Å². The molecule has 2 aliphatic rings. The number of hydrazone groups is 1. The topological polar surface area (TPSA) is 61.9 Å². The average Bonchev–Trinajstić information content (AvgIpc) is 2.75. The van der Waals surface area contributed by atoms with Crippen LogP contribution < -0.4 is 5.73 Å². The number of rotatable bonds is 3. The molecule has 0 bridgehead atoms. The second kappa shape index (κ2) is 8.15. The minimum Gasteiger partial charge on any atom is -0.350 e. The van der Waals surface area contributed by atoms with Gasteiger partial charge in [0.2, 0.25) is 0 Å². The van der Waals surface area contributed by atoms with E-state index < -0.39 is 6.03 Å². The van der Waals surface area contributed by atoms with Gasteiger partial charge in [-0.05, 0) is 30.9 Å². The fraction of sp³-hybridized carbons (Fsp3) is 0.391. The lowest BCUT2D eigenvalue weighted by Crippen LogP contribution is -2.54. The van der Waals surface area contributed by atoms with E-state index in [-0.39, 0.29) is 6.17 Å². The largest absolute Gasteiger partial charge is 0.350 e. The lowest BCUT2D eigenvalue weighted by atomic mass is 9.92. The van der Waals surface area contributed by atoms with Crippen LogP contribution in [0, 0.1) is 6.92 Å². The van der Waals surface area contributed by atoms with Gasteiger partial charge in [-0.2, -0.15) is 10.1 Å². The standard InChI is InChI=1S/C23H28N4O/c1-17-12-14-19(15-13-17)22-26(20-10-6-3-7-11-20)16-21(25-27(22)23(24)28)18-8-4-2-5-9-18/h2,4-5,8-9,12-15,20,22H,3,6-7,10-11,16H2,1H3,(H2,24,28). The average molecular weight is 377 g/mol. The molecule has 146 valence electrons. The van der Waals surface area contributed by atoms with Crippen molar-refractivity contribution in [2.24, 2.45) is 10.8 Å². The van der Waals surface area contributed by atoms with Crippen molar-refractivity contribution in [1.82, 2.24) is 9.91 Å². The van der Waals surface area contributed by atoms with Crippen LogP contribution in [0.2, 0.25) is 0 Å². The molecule has 2 aromatic carbocycles. The minimum atomic E-state index is -0.514. The van der Waals surface area contributed by atoms with E-state index in [2.05, 4.69) is 36.1 Å². The summed E-state index contributed by atoms with van der Waals surface area (Å²) in [4.78, 5) is 14.9. The lowest BCUT2D eigenvalue weighted by molar-refractivity contribution is 0.0230. The Morgan fingerprint density at radius 2 is 1.68 bits per heavy atom. The predicted octanol–water partition coefficient (Wildman–Crippen LogP) is 4.43. The fourth-order valence-electron chi connectivity index (χ4n) is 4.38. The van der Waals surface area contributed by atoms with E-state index >= 15 is 0 Å². The highest BCUT2D eigenvalue weighted by Gasteiger charge is 2.38. The molecule has 4 rings (SSSR count). The number of amides is 2. The molecule has 0 aromatic heterocycles. The normalized spacial score (nSPS) is 21.4. The highest BCUT2D eigenvalue weighted by Crippen LogP contribution is 2.35. The van der Waals surface area contributed by atoms with Crippen molar-refractivity contribution in [3.8, 4) is 0 Å². The smallest absolute Gasteiger partial charge is 0.337 e. The van der Waals surface area contributed by atoms with Crippen LogP contribution >= 0.6 is 0 Å². The highest BCUT2D eigenvalue weighted by molar-refractivity contribution is 6.03. The van der Waals surface area contributed by atoms with E-state index in [4.69, 9.17) is 10.8 Å². The first-order valence-electron chi connectivity index (χ1n) is 10.2. The van der Waals surface area contributed by atoms with Crippen molar-refractivity contribution in [1.29, 1.82) is 0 Å². The maximum atomic E-state index is 12.4. The van der Waals surface area contributed by atoms with E-state index in [0.717, 1.165) is 36.2 Å². The zero-order chi connectivity index (χ0) is 19.5. The van der Waals surface area contributed by atoms with Gasteiger partial charge in [0, 0.05) is 12.6 Å². The Hall–Kier alpha value is -2.66. The molecular weight excluding hydrogens is 348 g/mol. The summed E-state index contributed by atoms with van der Waals surface area (Å²) in [5, 5.41) is 6.19. The summed E-state index contributed by atoms with van der Waals surface area (Å²) >= 11 is 0. The number of benzene rings is 2. The highest BCUT2D eigenvalue weighted by atomic mass is 16.2. The van der Waals surface area contributed by atoms with Gasteiger partial charge in [0.1, 0.15) is 6.17 Å². The molecule has 2 N–H and O–H groups in total. The van der Waals surface area contributed by atoms with Crippen LogP contribution in [0.1, 0.15) is 55.0 Å². The molecule has 0 radical (unpaired) electrons. The van der Waals surface area contributed by atoms with Gasteiger partial charge < -0.3 is 5.73 Å². The van der Waals surface area contributed by atoms with Gasteiger partial charge in [-0.3, -0.25) is 4.90 Å². The van der Waals surface area contributed by atoms with Gasteiger partial charge in [0.05, 0.1) is 5.71 Å². The summed E-state index contributed by atoms with van der Waals surface area (Å²) in [6.07, 6.45) is 5.80. The molecule has 1 atom stereocenters. The van der Waals surface area contributed by atoms with Gasteiger partial charge in [0.25, 0.3) is 0 Å². The van der Waals surface area contributed by atoms with Crippen LogP contribution in [-0.4, -0.2) is 34.2 Å². The van der Waals surface area contributed by atoms with E-state index in [0.29, 0.717) is 6.04 Å². The first-order chi connectivity index (χ1) is 13.6. The number of primary amides is 1. The summed E-state index contributed by atoms with van der Waals surface area (Å²) in [5.41, 5.74) is 10.0. The van der Waals surface area contributed by atoms with Crippen molar-refractivity contribution in [3.63, 3.8) is 0 Å². The number of nitrogens with zero attached hydrogens (tertiary/aromatic N) is 3. The first-order valence-corrected chi connectivity index (χ1v) is 10.2. The van der Waals surface area contributed by atoms with E-state index in [1.54, 1.807) is 0 Å². The van der Waals surface area contributed by atoms with Crippen LogP contribution in [0.15, 0.2) is 59.7 Å². The number of hydrogen-bond donors (Lipinski definition) is 1. The summed E-state index contributed by atoms with van der Waals surface area (Å²) in [7, 11) is 0. The van der Waals surface area contributed by atoms with Gasteiger partial charge >= 0.3 is 6.03 Å². The van der Waals surface area contributed by atoms with E-state index in [1.165, 1.54) is 29.8 Å². The second-order valence-corrected chi connectivity index (χ2v) is 7.84. The number of hydrogen-bond acceptors (Lipinski definition) is 3. The Labute approximate surface area is 166 Å². The minimum absolute atomic E-state index is 0.256. The van der Waals surface area contributed by atoms with Crippen molar-refractivity contribution < 1.29 is 4.79 Å². The molecule has 5 heteroatoms. The molecule has 2 amide bonds. The number of urea groups is 1. The molecule has 0 spiro atoms. The van der Waals surface area contributed by atoms with E-state index in [1.807, 2.05) is 30.3 Å². The third-order valence-electron chi connectivity index (χ3n) is 5.86. The third kappa shape index (κ3) is 3.80. The molecule has 0 saturated heterocycles. The molecule has 28 heavy (non-hydrogen) atoms. The summed E-state index contributed by atoms with van der Waals surface area (Å²) < 4.78 is 0. The van der Waals surface area contributed by atoms with Crippen molar-refractivity contribution >= 4 is 11.7 Å². The Balaban J connectivity index is 1.78. The molecule has 1 unspecified atom stereocenters. The van der Waals surface area contributed by atoms with Gasteiger partial charge in [0.15, 0.2) is 0 Å². The second-order valence-electron chi connectivity index (χ2n) is 7.84. The van der Waals surface area contributed by atoms with Gasteiger partial charge in [-0.1, -0.05) is 79.4 Å². The molecule has 1 saturated carbocycles. The van der Waals surface area contributed by atoms with Crippen molar-refractivity contribution in [3.05, 3.63) is 71.3 Å². The summed E-state index contributed by atoms with van der Waals surface area (Å²) in [6.45, 7) is 2.79. The summed E-state index contributed by atoms with van der Waals surface area (Å²) in [6, 6.07) is 18.4. The number of carbonyl (C=O) groups is 1. The van der Waals surface area contributed by atoms with Crippen LogP contribution in [0.3, 0.4) is 0 Å². The Morgan fingerprint density at radius 3 is 2.32 bits per heavy atom. The molecule has 5 nitrogen and oxygen atoms in total. The number of nitrogens with two attached hydrogens (primary N) is 1.